The van der Waals surface area contributed by atoms with E-state index in [9.17, 15) is 4.79 Å². The second-order valence-corrected chi connectivity index (χ2v) is 5.56. The Kier molecular flexibility index (Phi) is 3.97. The third-order valence-corrected chi connectivity index (χ3v) is 3.90. The second-order valence-electron chi connectivity index (χ2n) is 5.12. The van der Waals surface area contributed by atoms with Crippen LogP contribution in [-0.2, 0) is 11.8 Å². The Morgan fingerprint density at radius 1 is 1.61 bits per heavy atom. The van der Waals surface area contributed by atoms with Crippen molar-refractivity contribution in [1.82, 2.24) is 9.88 Å². The first-order valence-corrected chi connectivity index (χ1v) is 6.53. The highest BCUT2D eigenvalue weighted by atomic mass is 35.5. The summed E-state index contributed by atoms with van der Waals surface area (Å²) in [5.74, 6) is -0.0771. The van der Waals surface area contributed by atoms with E-state index >= 15 is 0 Å². The fourth-order valence-electron chi connectivity index (χ4n) is 2.46. The van der Waals surface area contributed by atoms with Gasteiger partial charge in [-0.3, -0.25) is 4.79 Å². The predicted octanol–water partition coefficient (Wildman–Crippen LogP) is 2.22. The van der Waals surface area contributed by atoms with Gasteiger partial charge in [0.2, 0.25) is 0 Å². The molecule has 5 heteroatoms. The number of hydrogen-bond acceptors (Lipinski definition) is 2. The Labute approximate surface area is 112 Å². The average molecular weight is 271 g/mol. The number of carbonyl (C=O) groups excluding carboxylic acids is 1. The number of nitrogens with one attached hydrogen (secondary N) is 1. The molecular weight excluding hydrogens is 252 g/mol. The summed E-state index contributed by atoms with van der Waals surface area (Å²) in [6.07, 6.45) is 5.18. The summed E-state index contributed by atoms with van der Waals surface area (Å²) in [7, 11) is 3.52. The Morgan fingerprint density at radius 3 is 2.78 bits per heavy atom. The van der Waals surface area contributed by atoms with Crippen LogP contribution in [0.2, 0.25) is 5.02 Å². The minimum Gasteiger partial charge on any atom is -0.384 e. The highest BCUT2D eigenvalue weighted by Gasteiger charge is 2.37. The molecule has 1 amide bonds. The summed E-state index contributed by atoms with van der Waals surface area (Å²) in [5.41, 5.74) is 0.728. The normalized spacial score (nSPS) is 17.3. The zero-order valence-electron chi connectivity index (χ0n) is 10.8. The molecule has 1 N–H and O–H groups in total. The first kappa shape index (κ1) is 13.4. The molecule has 1 aromatic heterocycles. The largest absolute Gasteiger partial charge is 0.384 e. The number of methoxy groups -OCH3 is 1. The summed E-state index contributed by atoms with van der Waals surface area (Å²) in [4.78, 5) is 12.0. The van der Waals surface area contributed by atoms with E-state index in [1.54, 1.807) is 23.9 Å². The van der Waals surface area contributed by atoms with Gasteiger partial charge in [0, 0.05) is 32.3 Å². The number of aromatic nitrogens is 1. The standard InChI is InChI=1S/C13H19ClN2O2/c1-16-7-10(14)6-11(16)12(17)15-8-13(9-18-2)4-3-5-13/h6-7H,3-5,8-9H2,1-2H3,(H,15,17). The molecule has 0 unspecified atom stereocenters. The molecule has 1 aromatic rings. The van der Waals surface area contributed by atoms with Gasteiger partial charge in [0.15, 0.2) is 0 Å². The molecule has 0 aromatic carbocycles. The molecule has 0 aliphatic heterocycles. The van der Waals surface area contributed by atoms with Crippen molar-refractivity contribution in [2.75, 3.05) is 20.3 Å². The number of carbonyl (C=O) groups is 1. The lowest BCUT2D eigenvalue weighted by Crippen LogP contribution is -2.45. The third-order valence-electron chi connectivity index (χ3n) is 3.69. The maximum absolute atomic E-state index is 12.0. The minimum atomic E-state index is -0.0771. The number of nitrogens with zero attached hydrogens (tertiary/aromatic N) is 1. The van der Waals surface area contributed by atoms with Gasteiger partial charge in [-0.25, -0.2) is 0 Å². The van der Waals surface area contributed by atoms with Gasteiger partial charge >= 0.3 is 0 Å². The molecule has 0 bridgehead atoms. The van der Waals surface area contributed by atoms with E-state index in [1.165, 1.54) is 6.42 Å². The number of aryl methyl sites for hydroxylation is 1. The highest BCUT2D eigenvalue weighted by molar-refractivity contribution is 6.31. The highest BCUT2D eigenvalue weighted by Crippen LogP contribution is 2.40. The zero-order chi connectivity index (χ0) is 13.2. The SMILES string of the molecule is COCC1(CNC(=O)c2cc(Cl)cn2C)CCC1. The van der Waals surface area contributed by atoms with Crippen molar-refractivity contribution >= 4 is 17.5 Å². The maximum atomic E-state index is 12.0. The van der Waals surface area contributed by atoms with Gasteiger partial charge in [-0.05, 0) is 18.9 Å². The second kappa shape index (κ2) is 5.33. The Morgan fingerprint density at radius 2 is 2.33 bits per heavy atom. The van der Waals surface area contributed by atoms with Gasteiger partial charge < -0.3 is 14.6 Å². The van der Waals surface area contributed by atoms with Crippen molar-refractivity contribution in [3.63, 3.8) is 0 Å². The monoisotopic (exact) mass is 270 g/mol. The third kappa shape index (κ3) is 2.70. The minimum absolute atomic E-state index is 0.0771. The first-order valence-electron chi connectivity index (χ1n) is 6.15. The van der Waals surface area contributed by atoms with Gasteiger partial charge in [-0.1, -0.05) is 18.0 Å². The summed E-state index contributed by atoms with van der Waals surface area (Å²) in [6, 6.07) is 1.68. The predicted molar refractivity (Wildman–Crippen MR) is 70.9 cm³/mol. The Balaban J connectivity index is 1.94. The molecule has 18 heavy (non-hydrogen) atoms. The van der Waals surface area contributed by atoms with Crippen LogP contribution in [0.3, 0.4) is 0 Å². The Hall–Kier alpha value is -1.00. The van der Waals surface area contributed by atoms with Crippen molar-refractivity contribution in [1.29, 1.82) is 0 Å². The molecule has 0 saturated heterocycles. The summed E-state index contributed by atoms with van der Waals surface area (Å²) in [6.45, 7) is 1.38. The fraction of sp³-hybridized carbons (Fsp3) is 0.615. The van der Waals surface area contributed by atoms with Crippen LogP contribution >= 0.6 is 11.6 Å². The van der Waals surface area contributed by atoms with E-state index in [0.717, 1.165) is 12.8 Å². The fourth-order valence-corrected chi connectivity index (χ4v) is 2.71. The van der Waals surface area contributed by atoms with Gasteiger partial charge in [-0.2, -0.15) is 0 Å². The molecule has 1 fully saturated rings. The molecule has 1 aliphatic rings. The molecule has 0 radical (unpaired) electrons. The smallest absolute Gasteiger partial charge is 0.267 e. The van der Waals surface area contributed by atoms with E-state index in [0.29, 0.717) is 23.9 Å². The molecule has 0 spiro atoms. The molecule has 0 atom stereocenters. The van der Waals surface area contributed by atoms with Gasteiger partial charge in [-0.15, -0.1) is 0 Å². The first-order chi connectivity index (χ1) is 8.56. The van der Waals surface area contributed by atoms with Crippen molar-refractivity contribution < 1.29 is 9.53 Å². The van der Waals surface area contributed by atoms with Crippen LogP contribution in [0.1, 0.15) is 29.8 Å². The van der Waals surface area contributed by atoms with E-state index in [2.05, 4.69) is 5.32 Å². The summed E-state index contributed by atoms with van der Waals surface area (Å²) < 4.78 is 6.97. The lowest BCUT2D eigenvalue weighted by molar-refractivity contribution is 0.0179. The quantitative estimate of drug-likeness (QED) is 0.892. The van der Waals surface area contributed by atoms with Gasteiger partial charge in [0.05, 0.1) is 11.6 Å². The molecule has 2 rings (SSSR count). The van der Waals surface area contributed by atoms with E-state index in [1.807, 2.05) is 7.05 Å². The molecule has 1 saturated carbocycles. The lowest BCUT2D eigenvalue weighted by Gasteiger charge is -2.41. The summed E-state index contributed by atoms with van der Waals surface area (Å²) >= 11 is 5.87. The maximum Gasteiger partial charge on any atom is 0.267 e. The molecular formula is C13H19ClN2O2. The number of amides is 1. The molecule has 1 aliphatic carbocycles. The summed E-state index contributed by atoms with van der Waals surface area (Å²) in [5, 5.41) is 3.56. The topological polar surface area (TPSA) is 43.3 Å². The lowest BCUT2D eigenvalue weighted by atomic mass is 9.69. The van der Waals surface area contributed by atoms with Crippen LogP contribution < -0.4 is 5.32 Å². The van der Waals surface area contributed by atoms with Crippen molar-refractivity contribution in [3.8, 4) is 0 Å². The van der Waals surface area contributed by atoms with Gasteiger partial charge in [0.25, 0.3) is 5.91 Å². The number of rotatable bonds is 5. The zero-order valence-corrected chi connectivity index (χ0v) is 11.6. The molecule has 100 valence electrons. The van der Waals surface area contributed by atoms with Crippen LogP contribution in [0.5, 0.6) is 0 Å². The average Bonchev–Trinajstić information content (AvgIpc) is 2.61. The number of ether oxygens (including phenoxy) is 1. The van der Waals surface area contributed by atoms with Crippen molar-refractivity contribution in [2.45, 2.75) is 19.3 Å². The van der Waals surface area contributed by atoms with Crippen LogP contribution in [0.25, 0.3) is 0 Å². The van der Waals surface area contributed by atoms with Crippen molar-refractivity contribution in [3.05, 3.63) is 23.0 Å². The number of hydrogen-bond donors (Lipinski definition) is 1. The van der Waals surface area contributed by atoms with Gasteiger partial charge in [0.1, 0.15) is 5.69 Å². The molecule has 1 heterocycles. The van der Waals surface area contributed by atoms with Crippen LogP contribution in [0, 0.1) is 5.41 Å². The van der Waals surface area contributed by atoms with Crippen LogP contribution in [-0.4, -0.2) is 30.7 Å². The van der Waals surface area contributed by atoms with E-state index < -0.39 is 0 Å². The Bertz CT molecular complexity index is 438. The van der Waals surface area contributed by atoms with E-state index in [4.69, 9.17) is 16.3 Å². The van der Waals surface area contributed by atoms with Crippen LogP contribution in [0.15, 0.2) is 12.3 Å². The number of halogens is 1. The van der Waals surface area contributed by atoms with Crippen LogP contribution in [0.4, 0.5) is 0 Å². The van der Waals surface area contributed by atoms with Crippen molar-refractivity contribution in [2.24, 2.45) is 12.5 Å². The molecule has 4 nitrogen and oxygen atoms in total. The van der Waals surface area contributed by atoms with E-state index in [-0.39, 0.29) is 11.3 Å².